The van der Waals surface area contributed by atoms with Crippen LogP contribution in [0.4, 0.5) is 0 Å². The van der Waals surface area contributed by atoms with Crippen molar-refractivity contribution in [3.63, 3.8) is 0 Å². The lowest BCUT2D eigenvalue weighted by Crippen LogP contribution is -2.34. The van der Waals surface area contributed by atoms with Crippen LogP contribution in [0.3, 0.4) is 0 Å². The largest absolute Gasteiger partial charge is 0.334 e. The summed E-state index contributed by atoms with van der Waals surface area (Å²) >= 11 is 9.27. The first-order valence-electron chi connectivity index (χ1n) is 6.00. The summed E-state index contributed by atoms with van der Waals surface area (Å²) in [6, 6.07) is 5.96. The molecule has 19 heavy (non-hydrogen) atoms. The number of thiophene rings is 2. The Morgan fingerprint density at radius 2 is 2.37 bits per heavy atom. The van der Waals surface area contributed by atoms with Crippen molar-refractivity contribution in [1.29, 1.82) is 0 Å². The molecule has 3 heterocycles. The molecule has 3 rings (SSSR count). The molecule has 0 aromatic carbocycles. The van der Waals surface area contributed by atoms with Gasteiger partial charge in [-0.25, -0.2) is 0 Å². The van der Waals surface area contributed by atoms with E-state index in [1.165, 1.54) is 10.4 Å². The van der Waals surface area contributed by atoms with Crippen molar-refractivity contribution < 1.29 is 4.79 Å². The predicted molar refractivity (Wildman–Crippen MR) is 81.8 cm³/mol. The molecule has 0 bridgehead atoms. The Morgan fingerprint density at radius 1 is 1.47 bits per heavy atom. The summed E-state index contributed by atoms with van der Waals surface area (Å²) in [6.07, 6.45) is 4.44. The van der Waals surface area contributed by atoms with Crippen molar-refractivity contribution in [1.82, 2.24) is 4.90 Å². The molecular weight excluding hydrogens is 298 g/mol. The number of carbonyl (C=O) groups excluding carboxylic acids is 1. The average molecular weight is 310 g/mol. The highest BCUT2D eigenvalue weighted by Gasteiger charge is 2.21. The van der Waals surface area contributed by atoms with E-state index in [9.17, 15) is 4.79 Å². The molecule has 0 spiro atoms. The Morgan fingerprint density at radius 3 is 3.16 bits per heavy atom. The molecule has 0 unspecified atom stereocenters. The summed E-state index contributed by atoms with van der Waals surface area (Å²) < 4.78 is 0.813. The molecule has 1 aliphatic rings. The topological polar surface area (TPSA) is 20.3 Å². The molecular formula is C14H12ClNOS2. The van der Waals surface area contributed by atoms with E-state index in [0.29, 0.717) is 6.54 Å². The van der Waals surface area contributed by atoms with Gasteiger partial charge < -0.3 is 4.90 Å². The summed E-state index contributed by atoms with van der Waals surface area (Å²) in [4.78, 5) is 16.4. The molecule has 98 valence electrons. The van der Waals surface area contributed by atoms with Gasteiger partial charge in [-0.2, -0.15) is 0 Å². The molecule has 0 atom stereocenters. The van der Waals surface area contributed by atoms with Crippen molar-refractivity contribution in [3.8, 4) is 0 Å². The molecule has 0 saturated heterocycles. The van der Waals surface area contributed by atoms with Gasteiger partial charge in [0.25, 0.3) is 0 Å². The third-order valence-corrected chi connectivity index (χ3v) is 5.29. The zero-order valence-corrected chi connectivity index (χ0v) is 12.5. The first kappa shape index (κ1) is 12.9. The van der Waals surface area contributed by atoms with Gasteiger partial charge in [-0.3, -0.25) is 4.79 Å². The van der Waals surface area contributed by atoms with Crippen molar-refractivity contribution in [2.24, 2.45) is 0 Å². The Labute approximate surface area is 124 Å². The van der Waals surface area contributed by atoms with Gasteiger partial charge in [0, 0.05) is 28.9 Å². The predicted octanol–water partition coefficient (Wildman–Crippen LogP) is 4.06. The quantitative estimate of drug-likeness (QED) is 0.766. The van der Waals surface area contributed by atoms with Gasteiger partial charge in [0.2, 0.25) is 5.91 Å². The van der Waals surface area contributed by atoms with Gasteiger partial charge in [-0.1, -0.05) is 17.7 Å². The maximum absolute atomic E-state index is 12.1. The minimum absolute atomic E-state index is 0.0707. The Kier molecular flexibility index (Phi) is 3.73. The molecule has 0 fully saturated rings. The zero-order chi connectivity index (χ0) is 13.2. The first-order valence-corrected chi connectivity index (χ1v) is 8.07. The minimum atomic E-state index is 0.0707. The third kappa shape index (κ3) is 2.91. The number of hydrogen-bond acceptors (Lipinski definition) is 3. The molecule has 0 saturated carbocycles. The highest BCUT2D eigenvalue weighted by atomic mass is 35.5. The highest BCUT2D eigenvalue weighted by Crippen LogP contribution is 2.31. The molecule has 0 N–H and O–H groups in total. The van der Waals surface area contributed by atoms with Gasteiger partial charge >= 0.3 is 0 Å². The van der Waals surface area contributed by atoms with E-state index in [2.05, 4.69) is 0 Å². The van der Waals surface area contributed by atoms with E-state index < -0.39 is 0 Å². The molecule has 2 aromatic rings. The number of carbonyl (C=O) groups is 1. The zero-order valence-electron chi connectivity index (χ0n) is 10.1. The number of hydrogen-bond donors (Lipinski definition) is 0. The fraction of sp³-hybridized carbons (Fsp3) is 0.214. The molecule has 1 aliphatic heterocycles. The van der Waals surface area contributed by atoms with Gasteiger partial charge in [0.1, 0.15) is 0 Å². The summed E-state index contributed by atoms with van der Waals surface area (Å²) in [7, 11) is 0. The Balaban J connectivity index is 1.69. The Hall–Kier alpha value is -1.10. The van der Waals surface area contributed by atoms with Gasteiger partial charge in [-0.15, -0.1) is 22.7 Å². The van der Waals surface area contributed by atoms with Crippen LogP contribution >= 0.6 is 34.3 Å². The van der Waals surface area contributed by atoms with Crippen LogP contribution in [0.2, 0.25) is 4.34 Å². The monoisotopic (exact) mass is 309 g/mol. The fourth-order valence-electron chi connectivity index (χ4n) is 2.13. The SMILES string of the molecule is O=C(/C=C/c1cccs1)N1CCc2sc(Cl)cc2C1. The molecule has 2 nitrogen and oxygen atoms in total. The summed E-state index contributed by atoms with van der Waals surface area (Å²) in [5.41, 5.74) is 1.19. The van der Waals surface area contributed by atoms with Crippen LogP contribution in [-0.2, 0) is 17.8 Å². The van der Waals surface area contributed by atoms with Crippen LogP contribution in [0.25, 0.3) is 6.08 Å². The van der Waals surface area contributed by atoms with Gasteiger partial charge in [0.05, 0.1) is 4.34 Å². The van der Waals surface area contributed by atoms with E-state index >= 15 is 0 Å². The van der Waals surface area contributed by atoms with Crippen LogP contribution in [-0.4, -0.2) is 17.4 Å². The van der Waals surface area contributed by atoms with E-state index in [4.69, 9.17) is 11.6 Å². The van der Waals surface area contributed by atoms with E-state index in [1.807, 2.05) is 34.6 Å². The number of fused-ring (bicyclic) bond motifs is 1. The molecule has 1 amide bonds. The summed E-state index contributed by atoms with van der Waals surface area (Å²) in [5, 5.41) is 2.00. The lowest BCUT2D eigenvalue weighted by atomic mass is 10.1. The number of amides is 1. The van der Waals surface area contributed by atoms with E-state index in [-0.39, 0.29) is 5.91 Å². The molecule has 0 radical (unpaired) electrons. The number of nitrogens with zero attached hydrogens (tertiary/aromatic N) is 1. The van der Waals surface area contributed by atoms with Crippen LogP contribution < -0.4 is 0 Å². The average Bonchev–Trinajstić information content (AvgIpc) is 3.02. The number of halogens is 1. The molecule has 2 aromatic heterocycles. The maximum atomic E-state index is 12.1. The third-order valence-electron chi connectivity index (χ3n) is 3.08. The van der Waals surface area contributed by atoms with Crippen LogP contribution in [0.1, 0.15) is 15.3 Å². The lowest BCUT2D eigenvalue weighted by Gasteiger charge is -2.25. The maximum Gasteiger partial charge on any atom is 0.246 e. The summed E-state index contributed by atoms with van der Waals surface area (Å²) in [6.45, 7) is 1.45. The van der Waals surface area contributed by atoms with Crippen molar-refractivity contribution in [2.75, 3.05) is 6.54 Å². The first-order chi connectivity index (χ1) is 9.22. The smallest absolute Gasteiger partial charge is 0.246 e. The summed E-state index contributed by atoms with van der Waals surface area (Å²) in [5.74, 6) is 0.0707. The van der Waals surface area contributed by atoms with E-state index in [0.717, 1.165) is 22.2 Å². The van der Waals surface area contributed by atoms with Gasteiger partial charge in [0.15, 0.2) is 0 Å². The fourth-order valence-corrected chi connectivity index (χ4v) is 4.04. The lowest BCUT2D eigenvalue weighted by molar-refractivity contribution is -0.126. The molecule has 0 aliphatic carbocycles. The van der Waals surface area contributed by atoms with Crippen LogP contribution in [0, 0.1) is 0 Å². The Bertz CT molecular complexity index is 615. The number of rotatable bonds is 2. The normalized spacial score (nSPS) is 14.9. The second-order valence-corrected chi connectivity index (χ2v) is 7.10. The highest BCUT2D eigenvalue weighted by molar-refractivity contribution is 7.16. The van der Waals surface area contributed by atoms with Crippen molar-refractivity contribution in [2.45, 2.75) is 13.0 Å². The van der Waals surface area contributed by atoms with E-state index in [1.54, 1.807) is 28.7 Å². The van der Waals surface area contributed by atoms with Gasteiger partial charge in [-0.05, 0) is 35.6 Å². The second kappa shape index (κ2) is 5.49. The minimum Gasteiger partial charge on any atom is -0.334 e. The second-order valence-electron chi connectivity index (χ2n) is 4.36. The van der Waals surface area contributed by atoms with Crippen LogP contribution in [0.5, 0.6) is 0 Å². The standard InChI is InChI=1S/C14H12ClNOS2/c15-13-8-10-9-16(6-5-12(10)19-13)14(17)4-3-11-2-1-7-18-11/h1-4,7-8H,5-6,9H2/b4-3+. The molecule has 5 heteroatoms. The van der Waals surface area contributed by atoms with Crippen molar-refractivity contribution in [3.05, 3.63) is 49.3 Å². The van der Waals surface area contributed by atoms with Crippen molar-refractivity contribution >= 4 is 46.3 Å². The van der Waals surface area contributed by atoms with Crippen LogP contribution in [0.15, 0.2) is 29.7 Å².